The maximum Gasteiger partial charge on any atom is 0.326 e. The summed E-state index contributed by atoms with van der Waals surface area (Å²) in [5.41, 5.74) is 1.24. The number of carbonyl (C=O) groups excluding carboxylic acids is 1. The standard InChI is InChI=1S/C15H21NO3S2/c1-20-9-8-13(15(18)19)16-14(17)11-21-10-7-12-5-3-2-4-6-12/h2-6,13H,7-11H2,1H3,(H,16,17)(H,18,19)/t13-/m1/s1. The van der Waals surface area contributed by atoms with Gasteiger partial charge in [0.1, 0.15) is 6.04 Å². The molecular weight excluding hydrogens is 306 g/mol. The third-order valence-corrected chi connectivity index (χ3v) is 4.46. The van der Waals surface area contributed by atoms with Crippen LogP contribution in [-0.4, -0.2) is 46.5 Å². The van der Waals surface area contributed by atoms with Gasteiger partial charge in [0.05, 0.1) is 5.75 Å². The van der Waals surface area contributed by atoms with E-state index < -0.39 is 12.0 Å². The highest BCUT2D eigenvalue weighted by atomic mass is 32.2. The van der Waals surface area contributed by atoms with E-state index in [1.807, 2.05) is 24.5 Å². The van der Waals surface area contributed by atoms with Crippen molar-refractivity contribution in [2.24, 2.45) is 0 Å². The van der Waals surface area contributed by atoms with Crippen molar-refractivity contribution in [2.45, 2.75) is 18.9 Å². The van der Waals surface area contributed by atoms with Crippen LogP contribution in [0.5, 0.6) is 0 Å². The summed E-state index contributed by atoms with van der Waals surface area (Å²) in [4.78, 5) is 22.8. The molecule has 1 atom stereocenters. The second-order valence-electron chi connectivity index (χ2n) is 4.53. The molecule has 1 aromatic carbocycles. The fourth-order valence-corrected chi connectivity index (χ4v) is 2.99. The average Bonchev–Trinajstić information content (AvgIpc) is 2.48. The molecule has 0 heterocycles. The molecule has 4 nitrogen and oxygen atoms in total. The molecule has 116 valence electrons. The van der Waals surface area contributed by atoms with Gasteiger partial charge < -0.3 is 10.4 Å². The number of benzene rings is 1. The number of aryl methyl sites for hydroxylation is 1. The van der Waals surface area contributed by atoms with Gasteiger partial charge in [0.25, 0.3) is 0 Å². The van der Waals surface area contributed by atoms with Crippen molar-refractivity contribution in [3.05, 3.63) is 35.9 Å². The minimum Gasteiger partial charge on any atom is -0.480 e. The van der Waals surface area contributed by atoms with E-state index in [-0.39, 0.29) is 5.91 Å². The Kier molecular flexibility index (Phi) is 9.01. The Labute approximate surface area is 134 Å². The highest BCUT2D eigenvalue weighted by molar-refractivity contribution is 7.99. The maximum atomic E-state index is 11.7. The summed E-state index contributed by atoms with van der Waals surface area (Å²) in [6, 6.07) is 9.31. The van der Waals surface area contributed by atoms with Gasteiger partial charge in [-0.1, -0.05) is 30.3 Å². The van der Waals surface area contributed by atoms with Crippen LogP contribution in [0.25, 0.3) is 0 Å². The molecule has 0 unspecified atom stereocenters. The lowest BCUT2D eigenvalue weighted by Crippen LogP contribution is -2.42. The number of nitrogens with one attached hydrogen (secondary N) is 1. The molecule has 1 rings (SSSR count). The molecule has 0 bridgehead atoms. The molecule has 21 heavy (non-hydrogen) atoms. The number of carboxylic acids is 1. The summed E-state index contributed by atoms with van der Waals surface area (Å²) in [5.74, 6) is 0.696. The third kappa shape index (κ3) is 8.02. The summed E-state index contributed by atoms with van der Waals surface area (Å²) >= 11 is 3.10. The lowest BCUT2D eigenvalue weighted by molar-refractivity contribution is -0.141. The first-order chi connectivity index (χ1) is 10.1. The van der Waals surface area contributed by atoms with Crippen molar-refractivity contribution in [3.63, 3.8) is 0 Å². The topological polar surface area (TPSA) is 66.4 Å². The van der Waals surface area contributed by atoms with E-state index in [1.165, 1.54) is 17.3 Å². The van der Waals surface area contributed by atoms with Crippen LogP contribution in [0.15, 0.2) is 30.3 Å². The number of rotatable bonds is 10. The van der Waals surface area contributed by atoms with Crippen molar-refractivity contribution in [2.75, 3.05) is 23.5 Å². The van der Waals surface area contributed by atoms with Crippen LogP contribution in [0.4, 0.5) is 0 Å². The van der Waals surface area contributed by atoms with Crippen molar-refractivity contribution in [1.29, 1.82) is 0 Å². The molecule has 0 aliphatic carbocycles. The van der Waals surface area contributed by atoms with E-state index in [9.17, 15) is 9.59 Å². The van der Waals surface area contributed by atoms with E-state index >= 15 is 0 Å². The largest absolute Gasteiger partial charge is 0.480 e. The zero-order chi connectivity index (χ0) is 15.5. The second-order valence-corrected chi connectivity index (χ2v) is 6.62. The average molecular weight is 327 g/mol. The predicted octanol–water partition coefficient (Wildman–Crippen LogP) is 2.28. The Bertz CT molecular complexity index is 440. The first-order valence-electron chi connectivity index (χ1n) is 6.76. The SMILES string of the molecule is CSCC[C@@H](NC(=O)CSCCc1ccccc1)C(=O)O. The summed E-state index contributed by atoms with van der Waals surface area (Å²) in [6.07, 6.45) is 3.28. The van der Waals surface area contributed by atoms with Gasteiger partial charge in [-0.2, -0.15) is 23.5 Å². The molecule has 6 heteroatoms. The first-order valence-corrected chi connectivity index (χ1v) is 9.31. The zero-order valence-electron chi connectivity index (χ0n) is 12.1. The van der Waals surface area contributed by atoms with Gasteiger partial charge >= 0.3 is 5.97 Å². The zero-order valence-corrected chi connectivity index (χ0v) is 13.7. The van der Waals surface area contributed by atoms with Crippen LogP contribution in [0, 0.1) is 0 Å². The Morgan fingerprint density at radius 3 is 2.57 bits per heavy atom. The minimum absolute atomic E-state index is 0.207. The van der Waals surface area contributed by atoms with E-state index in [0.29, 0.717) is 12.2 Å². The first kappa shape index (κ1) is 17.9. The van der Waals surface area contributed by atoms with Crippen LogP contribution in [0.3, 0.4) is 0 Å². The highest BCUT2D eigenvalue weighted by Crippen LogP contribution is 2.07. The normalized spacial score (nSPS) is 11.9. The Morgan fingerprint density at radius 2 is 1.95 bits per heavy atom. The number of carbonyl (C=O) groups is 2. The van der Waals surface area contributed by atoms with Gasteiger partial charge in [0, 0.05) is 0 Å². The Balaban J connectivity index is 2.21. The number of aliphatic carboxylic acids is 1. The van der Waals surface area contributed by atoms with E-state index in [4.69, 9.17) is 5.11 Å². The molecule has 0 fully saturated rings. The molecule has 0 aromatic heterocycles. The molecule has 0 radical (unpaired) electrons. The molecule has 0 saturated carbocycles. The monoisotopic (exact) mass is 327 g/mol. The molecule has 1 amide bonds. The van der Waals surface area contributed by atoms with Crippen molar-refractivity contribution >= 4 is 35.4 Å². The molecule has 0 aliphatic heterocycles. The molecule has 0 saturated heterocycles. The van der Waals surface area contributed by atoms with E-state index in [0.717, 1.165) is 17.9 Å². The third-order valence-electron chi connectivity index (χ3n) is 2.86. The highest BCUT2D eigenvalue weighted by Gasteiger charge is 2.18. The Hall–Kier alpha value is -1.14. The van der Waals surface area contributed by atoms with Crippen LogP contribution in [0.2, 0.25) is 0 Å². The van der Waals surface area contributed by atoms with Gasteiger partial charge in [-0.3, -0.25) is 4.79 Å². The Morgan fingerprint density at radius 1 is 1.24 bits per heavy atom. The predicted molar refractivity (Wildman–Crippen MR) is 90.0 cm³/mol. The van der Waals surface area contributed by atoms with E-state index in [1.54, 1.807) is 11.8 Å². The molecular formula is C15H21NO3S2. The fraction of sp³-hybridized carbons (Fsp3) is 0.467. The number of hydrogen-bond acceptors (Lipinski definition) is 4. The summed E-state index contributed by atoms with van der Waals surface area (Å²) in [5, 5.41) is 11.6. The fourth-order valence-electron chi connectivity index (χ4n) is 1.73. The van der Waals surface area contributed by atoms with Gasteiger partial charge in [-0.05, 0) is 36.2 Å². The van der Waals surface area contributed by atoms with Crippen LogP contribution in [0.1, 0.15) is 12.0 Å². The number of hydrogen-bond donors (Lipinski definition) is 2. The van der Waals surface area contributed by atoms with E-state index in [2.05, 4.69) is 17.4 Å². The number of thioether (sulfide) groups is 2. The quantitative estimate of drug-likeness (QED) is 0.646. The second kappa shape index (κ2) is 10.6. The molecule has 2 N–H and O–H groups in total. The van der Waals surface area contributed by atoms with Crippen LogP contribution < -0.4 is 5.32 Å². The maximum absolute atomic E-state index is 11.7. The van der Waals surface area contributed by atoms with Crippen LogP contribution in [-0.2, 0) is 16.0 Å². The lowest BCUT2D eigenvalue weighted by atomic mass is 10.2. The van der Waals surface area contributed by atoms with Crippen LogP contribution >= 0.6 is 23.5 Å². The lowest BCUT2D eigenvalue weighted by Gasteiger charge is -2.13. The summed E-state index contributed by atoms with van der Waals surface area (Å²) in [7, 11) is 0. The van der Waals surface area contributed by atoms with Crippen molar-refractivity contribution < 1.29 is 14.7 Å². The van der Waals surface area contributed by atoms with Crippen molar-refractivity contribution in [1.82, 2.24) is 5.32 Å². The number of amides is 1. The summed E-state index contributed by atoms with van der Waals surface area (Å²) < 4.78 is 0. The summed E-state index contributed by atoms with van der Waals surface area (Å²) in [6.45, 7) is 0. The van der Waals surface area contributed by atoms with Gasteiger partial charge in [-0.15, -0.1) is 0 Å². The number of carboxylic acid groups (broad SMARTS) is 1. The van der Waals surface area contributed by atoms with Crippen molar-refractivity contribution in [3.8, 4) is 0 Å². The van der Waals surface area contributed by atoms with Gasteiger partial charge in [0.2, 0.25) is 5.91 Å². The molecule has 0 spiro atoms. The van der Waals surface area contributed by atoms with Gasteiger partial charge in [-0.25, -0.2) is 4.79 Å². The minimum atomic E-state index is -0.966. The smallest absolute Gasteiger partial charge is 0.326 e. The van der Waals surface area contributed by atoms with Gasteiger partial charge in [0.15, 0.2) is 0 Å². The molecule has 1 aromatic rings. The molecule has 0 aliphatic rings.